The summed E-state index contributed by atoms with van der Waals surface area (Å²) >= 11 is 1.40. The lowest BCUT2D eigenvalue weighted by atomic mass is 10.0. The Morgan fingerprint density at radius 2 is 2.24 bits per heavy atom. The first-order valence-electron chi connectivity index (χ1n) is 6.91. The molecule has 1 aromatic carbocycles. The van der Waals surface area contributed by atoms with Crippen LogP contribution >= 0.6 is 11.8 Å². The highest BCUT2D eigenvalue weighted by Crippen LogP contribution is 2.24. The maximum Gasteiger partial charge on any atom is 0.326 e. The summed E-state index contributed by atoms with van der Waals surface area (Å²) in [6.45, 7) is 0.536. The van der Waals surface area contributed by atoms with Crippen molar-refractivity contribution < 1.29 is 19.4 Å². The molecule has 0 spiro atoms. The van der Waals surface area contributed by atoms with Gasteiger partial charge in [0, 0.05) is 11.4 Å². The highest BCUT2D eigenvalue weighted by atomic mass is 32.2. The van der Waals surface area contributed by atoms with Gasteiger partial charge >= 0.3 is 5.97 Å². The number of piperidine rings is 1. The zero-order valence-corrected chi connectivity index (χ0v) is 12.8. The second-order valence-electron chi connectivity index (χ2n) is 4.90. The summed E-state index contributed by atoms with van der Waals surface area (Å²) in [6.07, 6.45) is 2.29. The minimum absolute atomic E-state index is 0.116. The van der Waals surface area contributed by atoms with Crippen LogP contribution in [0.1, 0.15) is 19.3 Å². The van der Waals surface area contributed by atoms with Gasteiger partial charge in [0.25, 0.3) is 0 Å². The van der Waals surface area contributed by atoms with E-state index in [0.717, 1.165) is 23.5 Å². The first-order valence-corrected chi connectivity index (χ1v) is 7.89. The van der Waals surface area contributed by atoms with Crippen LogP contribution in [0, 0.1) is 0 Å². The van der Waals surface area contributed by atoms with E-state index >= 15 is 0 Å². The number of benzene rings is 1. The molecule has 1 heterocycles. The van der Waals surface area contributed by atoms with Crippen molar-refractivity contribution in [1.29, 1.82) is 0 Å². The molecule has 2 rings (SSSR count). The van der Waals surface area contributed by atoms with Crippen LogP contribution in [0.5, 0.6) is 5.75 Å². The first-order chi connectivity index (χ1) is 10.1. The third-order valence-corrected chi connectivity index (χ3v) is 4.49. The minimum Gasteiger partial charge on any atom is -0.497 e. The number of carboxylic acid groups (broad SMARTS) is 1. The topological polar surface area (TPSA) is 66.8 Å². The number of amides is 1. The zero-order valence-electron chi connectivity index (χ0n) is 11.9. The normalized spacial score (nSPS) is 18.3. The highest BCUT2D eigenvalue weighted by molar-refractivity contribution is 8.00. The Kier molecular flexibility index (Phi) is 5.50. The van der Waals surface area contributed by atoms with E-state index in [1.165, 1.54) is 16.7 Å². The molecule has 6 heteroatoms. The Morgan fingerprint density at radius 3 is 2.95 bits per heavy atom. The largest absolute Gasteiger partial charge is 0.497 e. The van der Waals surface area contributed by atoms with Gasteiger partial charge in [0.2, 0.25) is 5.91 Å². The molecule has 0 bridgehead atoms. The van der Waals surface area contributed by atoms with Crippen LogP contribution in [-0.2, 0) is 9.59 Å². The number of nitrogens with zero attached hydrogens (tertiary/aromatic N) is 1. The summed E-state index contributed by atoms with van der Waals surface area (Å²) in [4.78, 5) is 25.9. The minimum atomic E-state index is -0.908. The summed E-state index contributed by atoms with van der Waals surface area (Å²) < 4.78 is 5.14. The number of carboxylic acids is 1. The molecule has 1 N–H and O–H groups in total. The molecule has 1 amide bonds. The molecule has 5 nitrogen and oxygen atoms in total. The summed E-state index contributed by atoms with van der Waals surface area (Å²) in [7, 11) is 1.60. The van der Waals surface area contributed by atoms with E-state index in [9.17, 15) is 14.7 Å². The van der Waals surface area contributed by atoms with Crippen LogP contribution < -0.4 is 4.74 Å². The average Bonchev–Trinajstić information content (AvgIpc) is 2.52. The van der Waals surface area contributed by atoms with Crippen LogP contribution in [0.4, 0.5) is 0 Å². The van der Waals surface area contributed by atoms with Crippen molar-refractivity contribution in [3.05, 3.63) is 24.3 Å². The molecule has 1 saturated heterocycles. The summed E-state index contributed by atoms with van der Waals surface area (Å²) in [5, 5.41) is 9.19. The molecule has 1 atom stereocenters. The quantitative estimate of drug-likeness (QED) is 0.845. The molecule has 1 aliphatic heterocycles. The number of carbonyl (C=O) groups is 2. The lowest BCUT2D eigenvalue weighted by Gasteiger charge is -2.32. The van der Waals surface area contributed by atoms with Crippen molar-refractivity contribution in [2.45, 2.75) is 30.2 Å². The number of hydrogen-bond donors (Lipinski definition) is 1. The molecule has 21 heavy (non-hydrogen) atoms. The number of carbonyl (C=O) groups excluding carboxylic acids is 1. The van der Waals surface area contributed by atoms with Crippen molar-refractivity contribution in [3.63, 3.8) is 0 Å². The van der Waals surface area contributed by atoms with E-state index in [-0.39, 0.29) is 11.7 Å². The van der Waals surface area contributed by atoms with Crippen LogP contribution in [0.3, 0.4) is 0 Å². The van der Waals surface area contributed by atoms with Crippen molar-refractivity contribution in [3.8, 4) is 5.75 Å². The predicted molar refractivity (Wildman–Crippen MR) is 80.7 cm³/mol. The van der Waals surface area contributed by atoms with E-state index in [2.05, 4.69) is 0 Å². The van der Waals surface area contributed by atoms with Gasteiger partial charge < -0.3 is 14.7 Å². The maximum atomic E-state index is 12.3. The Morgan fingerprint density at radius 1 is 1.43 bits per heavy atom. The van der Waals surface area contributed by atoms with Gasteiger partial charge in [-0.1, -0.05) is 6.07 Å². The van der Waals surface area contributed by atoms with Crippen LogP contribution in [0.2, 0.25) is 0 Å². The van der Waals surface area contributed by atoms with Gasteiger partial charge in [0.15, 0.2) is 0 Å². The lowest BCUT2D eigenvalue weighted by molar-refractivity contribution is -0.150. The second kappa shape index (κ2) is 7.36. The molecule has 0 aromatic heterocycles. The molecule has 0 saturated carbocycles. The first kappa shape index (κ1) is 15.7. The molecular weight excluding hydrogens is 290 g/mol. The van der Waals surface area contributed by atoms with E-state index in [1.807, 2.05) is 24.3 Å². The van der Waals surface area contributed by atoms with Gasteiger partial charge in [-0.05, 0) is 37.5 Å². The van der Waals surface area contributed by atoms with Gasteiger partial charge in [0.1, 0.15) is 11.8 Å². The molecule has 1 unspecified atom stereocenters. The number of likely N-dealkylation sites (tertiary alicyclic amines) is 1. The third kappa shape index (κ3) is 4.14. The van der Waals surface area contributed by atoms with Gasteiger partial charge in [-0.15, -0.1) is 11.8 Å². The SMILES string of the molecule is COc1cccc(SCC(=O)N2CCCCC2C(=O)O)c1. The van der Waals surface area contributed by atoms with Crippen LogP contribution in [0.25, 0.3) is 0 Å². The number of ether oxygens (including phenoxy) is 1. The van der Waals surface area contributed by atoms with Gasteiger partial charge in [-0.3, -0.25) is 4.79 Å². The third-order valence-electron chi connectivity index (χ3n) is 3.51. The summed E-state index contributed by atoms with van der Waals surface area (Å²) in [5.74, 6) is -0.0325. The number of methoxy groups -OCH3 is 1. The molecule has 0 aliphatic carbocycles. The fourth-order valence-electron chi connectivity index (χ4n) is 2.41. The molecule has 114 valence electrons. The lowest BCUT2D eigenvalue weighted by Crippen LogP contribution is -2.48. The van der Waals surface area contributed by atoms with Crippen molar-refractivity contribution in [1.82, 2.24) is 4.90 Å². The monoisotopic (exact) mass is 309 g/mol. The maximum absolute atomic E-state index is 12.3. The van der Waals surface area contributed by atoms with E-state index < -0.39 is 12.0 Å². The smallest absolute Gasteiger partial charge is 0.326 e. The number of aliphatic carboxylic acids is 1. The summed E-state index contributed by atoms with van der Waals surface area (Å²) in [5.41, 5.74) is 0. The number of rotatable bonds is 5. The standard InChI is InChI=1S/C15H19NO4S/c1-20-11-5-4-6-12(9-11)21-10-14(17)16-8-3-2-7-13(16)15(18)19/h4-6,9,13H,2-3,7-8,10H2,1H3,(H,18,19). The van der Waals surface area contributed by atoms with Gasteiger partial charge in [-0.25, -0.2) is 4.79 Å². The van der Waals surface area contributed by atoms with Gasteiger partial charge in [-0.2, -0.15) is 0 Å². The molecule has 1 aromatic rings. The van der Waals surface area contributed by atoms with E-state index in [0.29, 0.717) is 13.0 Å². The van der Waals surface area contributed by atoms with Gasteiger partial charge in [0.05, 0.1) is 12.9 Å². The predicted octanol–water partition coefficient (Wildman–Crippen LogP) is 2.25. The fourth-order valence-corrected chi connectivity index (χ4v) is 3.24. The molecular formula is C15H19NO4S. The zero-order chi connectivity index (χ0) is 15.2. The Hall–Kier alpha value is -1.69. The van der Waals surface area contributed by atoms with Crippen LogP contribution in [0.15, 0.2) is 29.2 Å². The van der Waals surface area contributed by atoms with Crippen molar-refractivity contribution >= 4 is 23.6 Å². The van der Waals surface area contributed by atoms with Crippen molar-refractivity contribution in [2.75, 3.05) is 19.4 Å². The fraction of sp³-hybridized carbons (Fsp3) is 0.467. The van der Waals surface area contributed by atoms with Crippen LogP contribution in [-0.4, -0.2) is 47.3 Å². The molecule has 1 aliphatic rings. The highest BCUT2D eigenvalue weighted by Gasteiger charge is 2.31. The van der Waals surface area contributed by atoms with Crippen molar-refractivity contribution in [2.24, 2.45) is 0 Å². The molecule has 1 fully saturated rings. The Balaban J connectivity index is 1.95. The van der Waals surface area contributed by atoms with E-state index in [1.54, 1.807) is 7.11 Å². The number of thioether (sulfide) groups is 1. The van der Waals surface area contributed by atoms with E-state index in [4.69, 9.17) is 4.74 Å². The summed E-state index contributed by atoms with van der Waals surface area (Å²) in [6, 6.07) is 6.81. The number of hydrogen-bond acceptors (Lipinski definition) is 4. The molecule has 0 radical (unpaired) electrons. The second-order valence-corrected chi connectivity index (χ2v) is 5.95. The average molecular weight is 309 g/mol. The Labute approximate surface area is 128 Å². The Bertz CT molecular complexity index is 520.